The van der Waals surface area contributed by atoms with Crippen LogP contribution in [0.5, 0.6) is 0 Å². The summed E-state index contributed by atoms with van der Waals surface area (Å²) < 4.78 is 0. The van der Waals surface area contributed by atoms with Crippen LogP contribution in [0.1, 0.15) is 25.7 Å². The summed E-state index contributed by atoms with van der Waals surface area (Å²) in [5, 5.41) is 0. The second-order valence-electron chi connectivity index (χ2n) is 5.60. The van der Waals surface area contributed by atoms with Crippen LogP contribution in [0.15, 0.2) is 23.3 Å². The van der Waals surface area contributed by atoms with E-state index < -0.39 is 8.07 Å². The molecule has 15 heavy (non-hydrogen) atoms. The molecule has 0 saturated heterocycles. The van der Waals surface area contributed by atoms with Crippen LogP contribution in [0.3, 0.4) is 0 Å². The van der Waals surface area contributed by atoms with E-state index in [9.17, 15) is 4.79 Å². The highest BCUT2D eigenvalue weighted by Gasteiger charge is 2.15. The SMILES string of the molecule is C[Si](C)(C)C/C(C=O)=C/C1=CCCCC1. The number of aldehydes is 1. The average molecular weight is 222 g/mol. The number of hydrogen-bond acceptors (Lipinski definition) is 1. The second kappa shape index (κ2) is 5.45. The van der Waals surface area contributed by atoms with E-state index in [1.165, 1.54) is 24.8 Å². The Morgan fingerprint density at radius 3 is 2.60 bits per heavy atom. The summed E-state index contributed by atoms with van der Waals surface area (Å²) >= 11 is 0. The molecular formula is C13H22OSi. The molecule has 84 valence electrons. The number of allylic oxidation sites excluding steroid dienone is 4. The minimum atomic E-state index is -1.15. The fourth-order valence-electron chi connectivity index (χ4n) is 1.97. The largest absolute Gasteiger partial charge is 0.298 e. The van der Waals surface area contributed by atoms with Gasteiger partial charge in [-0.1, -0.05) is 37.4 Å². The molecule has 2 heteroatoms. The van der Waals surface area contributed by atoms with Gasteiger partial charge in [-0.05, 0) is 37.3 Å². The van der Waals surface area contributed by atoms with E-state index >= 15 is 0 Å². The zero-order valence-corrected chi connectivity index (χ0v) is 11.2. The minimum Gasteiger partial charge on any atom is -0.298 e. The molecule has 0 amide bonds. The summed E-state index contributed by atoms with van der Waals surface area (Å²) in [6.07, 6.45) is 10.4. The van der Waals surface area contributed by atoms with Crippen molar-refractivity contribution >= 4 is 14.4 Å². The lowest BCUT2D eigenvalue weighted by Gasteiger charge is -2.16. The third kappa shape index (κ3) is 5.12. The molecule has 0 aromatic rings. The lowest BCUT2D eigenvalue weighted by Crippen LogP contribution is -2.20. The van der Waals surface area contributed by atoms with Crippen molar-refractivity contribution in [2.45, 2.75) is 51.4 Å². The first kappa shape index (κ1) is 12.4. The van der Waals surface area contributed by atoms with Gasteiger partial charge in [-0.2, -0.15) is 0 Å². The zero-order chi connectivity index (χ0) is 11.3. The molecule has 0 N–H and O–H groups in total. The molecule has 1 nitrogen and oxygen atoms in total. The average Bonchev–Trinajstić information content (AvgIpc) is 2.16. The van der Waals surface area contributed by atoms with Crippen LogP contribution in [0.2, 0.25) is 25.7 Å². The quantitative estimate of drug-likeness (QED) is 0.400. The summed E-state index contributed by atoms with van der Waals surface area (Å²) in [6.45, 7) is 6.92. The molecule has 0 aromatic heterocycles. The van der Waals surface area contributed by atoms with Crippen molar-refractivity contribution in [3.63, 3.8) is 0 Å². The van der Waals surface area contributed by atoms with Crippen molar-refractivity contribution in [2.75, 3.05) is 0 Å². The molecule has 0 aliphatic heterocycles. The van der Waals surface area contributed by atoms with Gasteiger partial charge in [0.15, 0.2) is 0 Å². The predicted molar refractivity (Wildman–Crippen MR) is 68.9 cm³/mol. The van der Waals surface area contributed by atoms with Gasteiger partial charge in [0.05, 0.1) is 0 Å². The highest BCUT2D eigenvalue weighted by atomic mass is 28.3. The monoisotopic (exact) mass is 222 g/mol. The highest BCUT2D eigenvalue weighted by molar-refractivity contribution is 6.76. The van der Waals surface area contributed by atoms with Crippen molar-refractivity contribution < 1.29 is 4.79 Å². The Bertz CT molecular complexity index is 281. The van der Waals surface area contributed by atoms with Crippen LogP contribution in [0, 0.1) is 0 Å². The van der Waals surface area contributed by atoms with Gasteiger partial charge in [-0.15, -0.1) is 0 Å². The molecule has 0 fully saturated rings. The molecule has 0 atom stereocenters. The Morgan fingerprint density at radius 2 is 2.13 bits per heavy atom. The van der Waals surface area contributed by atoms with Crippen LogP contribution >= 0.6 is 0 Å². The van der Waals surface area contributed by atoms with Crippen LogP contribution in [0.25, 0.3) is 0 Å². The predicted octanol–water partition coefficient (Wildman–Crippen LogP) is 3.95. The maximum Gasteiger partial charge on any atom is 0.145 e. The standard InChI is InChI=1S/C13H22OSi/c1-15(2,3)11-13(10-14)9-12-7-5-4-6-8-12/h7,9-10H,4-6,8,11H2,1-3H3/b13-9+. The van der Waals surface area contributed by atoms with Gasteiger partial charge in [0.2, 0.25) is 0 Å². The van der Waals surface area contributed by atoms with E-state index in [1.807, 2.05) is 0 Å². The van der Waals surface area contributed by atoms with Crippen molar-refractivity contribution in [3.05, 3.63) is 23.3 Å². The van der Waals surface area contributed by atoms with Gasteiger partial charge < -0.3 is 0 Å². The fraction of sp³-hybridized carbons (Fsp3) is 0.615. The Morgan fingerprint density at radius 1 is 1.40 bits per heavy atom. The van der Waals surface area contributed by atoms with E-state index in [2.05, 4.69) is 31.8 Å². The number of rotatable bonds is 4. The Balaban J connectivity index is 2.68. The molecule has 0 radical (unpaired) electrons. The number of carbonyl (C=O) groups is 1. The van der Waals surface area contributed by atoms with Gasteiger partial charge >= 0.3 is 0 Å². The lowest BCUT2D eigenvalue weighted by molar-refractivity contribution is -0.104. The molecule has 1 rings (SSSR count). The summed E-state index contributed by atoms with van der Waals surface area (Å²) in [6, 6.07) is 1.01. The summed E-state index contributed by atoms with van der Waals surface area (Å²) in [4.78, 5) is 11.0. The molecule has 0 heterocycles. The van der Waals surface area contributed by atoms with Crippen LogP contribution in [-0.4, -0.2) is 14.4 Å². The summed E-state index contributed by atoms with van der Waals surface area (Å²) in [5.41, 5.74) is 2.38. The topological polar surface area (TPSA) is 17.1 Å². The third-order valence-corrected chi connectivity index (χ3v) is 4.05. The number of hydrogen-bond donors (Lipinski definition) is 0. The maximum atomic E-state index is 11.0. The van der Waals surface area contributed by atoms with Crippen molar-refractivity contribution in [2.24, 2.45) is 0 Å². The van der Waals surface area contributed by atoms with Crippen molar-refractivity contribution in [1.82, 2.24) is 0 Å². The van der Waals surface area contributed by atoms with E-state index in [1.54, 1.807) is 0 Å². The molecule has 0 bridgehead atoms. The molecule has 1 aliphatic rings. The Kier molecular flexibility index (Phi) is 4.52. The Hall–Kier alpha value is -0.633. The zero-order valence-electron chi connectivity index (χ0n) is 10.2. The van der Waals surface area contributed by atoms with Gasteiger partial charge in [-0.3, -0.25) is 4.79 Å². The third-order valence-electron chi connectivity index (χ3n) is 2.58. The van der Waals surface area contributed by atoms with Gasteiger partial charge in [0, 0.05) is 8.07 Å². The van der Waals surface area contributed by atoms with Gasteiger partial charge in [0.1, 0.15) is 6.29 Å². The van der Waals surface area contributed by atoms with E-state index in [4.69, 9.17) is 0 Å². The van der Waals surface area contributed by atoms with Crippen molar-refractivity contribution in [1.29, 1.82) is 0 Å². The molecule has 0 saturated carbocycles. The first-order valence-corrected chi connectivity index (χ1v) is 9.57. The van der Waals surface area contributed by atoms with Crippen LogP contribution in [-0.2, 0) is 4.79 Å². The first-order valence-electron chi connectivity index (χ1n) is 5.86. The second-order valence-corrected chi connectivity index (χ2v) is 11.1. The maximum absolute atomic E-state index is 11.0. The van der Waals surface area contributed by atoms with Crippen molar-refractivity contribution in [3.8, 4) is 0 Å². The molecule has 1 aliphatic carbocycles. The van der Waals surface area contributed by atoms with E-state index in [-0.39, 0.29) is 0 Å². The number of carbonyl (C=O) groups excluding carboxylic acids is 1. The minimum absolute atomic E-state index is 1.00. The van der Waals surface area contributed by atoms with E-state index in [0.29, 0.717) is 0 Å². The fourth-order valence-corrected chi connectivity index (χ4v) is 3.38. The Labute approximate surface area is 94.3 Å². The normalized spacial score (nSPS) is 18.6. The molecule has 0 unspecified atom stereocenters. The molecule has 0 aromatic carbocycles. The lowest BCUT2D eigenvalue weighted by atomic mass is 9.98. The molecular weight excluding hydrogens is 200 g/mol. The van der Waals surface area contributed by atoms with E-state index in [0.717, 1.165) is 24.3 Å². The van der Waals surface area contributed by atoms with Crippen LogP contribution < -0.4 is 0 Å². The molecule has 0 spiro atoms. The van der Waals surface area contributed by atoms with Gasteiger partial charge in [0.25, 0.3) is 0 Å². The van der Waals surface area contributed by atoms with Gasteiger partial charge in [-0.25, -0.2) is 0 Å². The summed E-state index contributed by atoms with van der Waals surface area (Å²) in [7, 11) is -1.15. The smallest absolute Gasteiger partial charge is 0.145 e. The highest BCUT2D eigenvalue weighted by Crippen LogP contribution is 2.22. The van der Waals surface area contributed by atoms with Crippen LogP contribution in [0.4, 0.5) is 0 Å². The first-order chi connectivity index (χ1) is 7.01. The summed E-state index contributed by atoms with van der Waals surface area (Å²) in [5.74, 6) is 0.